The molecule has 0 amide bonds. The molecule has 0 saturated heterocycles. The van der Waals surface area contributed by atoms with E-state index in [0.717, 1.165) is 17.5 Å². The molecule has 21 heavy (non-hydrogen) atoms. The normalized spacial score (nSPS) is 13.2. The second-order valence-electron chi connectivity index (χ2n) is 6.01. The Labute approximate surface area is 130 Å². The molecule has 0 aliphatic rings. The van der Waals surface area contributed by atoms with E-state index in [4.69, 9.17) is 17.3 Å². The Bertz CT molecular complexity index is 620. The fourth-order valence-corrected chi connectivity index (χ4v) is 2.36. The molecule has 2 aromatic carbocycles. The molecule has 1 nitrogen and oxygen atoms in total. The zero-order valence-corrected chi connectivity index (χ0v) is 13.4. The van der Waals surface area contributed by atoms with Crippen molar-refractivity contribution in [2.75, 3.05) is 0 Å². The molecule has 0 fully saturated rings. The van der Waals surface area contributed by atoms with E-state index in [2.05, 4.69) is 32.9 Å². The molecule has 112 valence electrons. The van der Waals surface area contributed by atoms with E-state index in [9.17, 15) is 4.39 Å². The van der Waals surface area contributed by atoms with Gasteiger partial charge in [-0.05, 0) is 40.7 Å². The summed E-state index contributed by atoms with van der Waals surface area (Å²) >= 11 is 5.70. The lowest BCUT2D eigenvalue weighted by Gasteiger charge is -2.24. The van der Waals surface area contributed by atoms with Crippen LogP contribution in [0.3, 0.4) is 0 Å². The Morgan fingerprint density at radius 2 is 1.67 bits per heavy atom. The smallest absolute Gasteiger partial charge is 0.142 e. The van der Waals surface area contributed by atoms with Gasteiger partial charge in [0.15, 0.2) is 0 Å². The van der Waals surface area contributed by atoms with Gasteiger partial charge in [-0.15, -0.1) is 0 Å². The topological polar surface area (TPSA) is 26.0 Å². The van der Waals surface area contributed by atoms with Gasteiger partial charge in [-0.1, -0.05) is 62.7 Å². The van der Waals surface area contributed by atoms with Gasteiger partial charge in [-0.25, -0.2) is 4.39 Å². The number of benzene rings is 2. The molecule has 3 heteroatoms. The summed E-state index contributed by atoms with van der Waals surface area (Å²) in [5.74, 6) is -0.437. The van der Waals surface area contributed by atoms with Gasteiger partial charge in [0.05, 0.1) is 11.1 Å². The van der Waals surface area contributed by atoms with Gasteiger partial charge < -0.3 is 5.73 Å². The average molecular weight is 306 g/mol. The first kappa shape index (κ1) is 16.0. The van der Waals surface area contributed by atoms with Crippen molar-refractivity contribution in [1.29, 1.82) is 0 Å². The quantitative estimate of drug-likeness (QED) is 0.824. The third-order valence-electron chi connectivity index (χ3n) is 4.24. The van der Waals surface area contributed by atoms with Gasteiger partial charge in [0, 0.05) is 0 Å². The molecule has 0 heterocycles. The van der Waals surface area contributed by atoms with E-state index >= 15 is 0 Å². The van der Waals surface area contributed by atoms with E-state index < -0.39 is 5.82 Å². The third-order valence-corrected chi connectivity index (χ3v) is 4.54. The molecule has 2 rings (SSSR count). The highest BCUT2D eigenvalue weighted by molar-refractivity contribution is 6.30. The maximum absolute atomic E-state index is 13.5. The van der Waals surface area contributed by atoms with Crippen LogP contribution in [-0.2, 0) is 5.41 Å². The fourth-order valence-electron chi connectivity index (χ4n) is 2.24. The Balaban J connectivity index is 2.27. The molecule has 2 aromatic rings. The van der Waals surface area contributed by atoms with Crippen molar-refractivity contribution in [3.05, 3.63) is 70.0 Å². The lowest BCUT2D eigenvalue weighted by atomic mass is 9.81. The first-order chi connectivity index (χ1) is 9.85. The Hall–Kier alpha value is -1.38. The number of nitrogens with two attached hydrogens (primary N) is 1. The van der Waals surface area contributed by atoms with E-state index in [0.29, 0.717) is 0 Å². The largest absolute Gasteiger partial charge is 0.320 e. The third kappa shape index (κ3) is 3.45. The zero-order valence-electron chi connectivity index (χ0n) is 12.7. The number of halogens is 2. The highest BCUT2D eigenvalue weighted by Gasteiger charge is 2.18. The van der Waals surface area contributed by atoms with Gasteiger partial charge in [0.1, 0.15) is 5.82 Å². The lowest BCUT2D eigenvalue weighted by Crippen LogP contribution is -2.16. The van der Waals surface area contributed by atoms with Crippen LogP contribution in [0.2, 0.25) is 5.02 Å². The van der Waals surface area contributed by atoms with E-state index in [1.54, 1.807) is 12.1 Å². The van der Waals surface area contributed by atoms with Crippen molar-refractivity contribution in [3.8, 4) is 0 Å². The number of rotatable bonds is 4. The second-order valence-corrected chi connectivity index (χ2v) is 6.42. The monoisotopic (exact) mass is 305 g/mol. The summed E-state index contributed by atoms with van der Waals surface area (Å²) in [6, 6.07) is 12.6. The zero-order chi connectivity index (χ0) is 15.6. The maximum Gasteiger partial charge on any atom is 0.142 e. The van der Waals surface area contributed by atoms with E-state index in [-0.39, 0.29) is 16.5 Å². The summed E-state index contributed by atoms with van der Waals surface area (Å²) < 4.78 is 13.5. The number of hydrogen-bond donors (Lipinski definition) is 1. The molecule has 1 unspecified atom stereocenters. The molecule has 0 radical (unpaired) electrons. The molecule has 1 atom stereocenters. The molecule has 0 aliphatic heterocycles. The standard InChI is InChI=1S/C18H21ClFN/c1-4-18(2,3)14-8-5-12(6-9-14)17(21)13-7-10-15(19)16(20)11-13/h5-11,17H,4,21H2,1-3H3. The van der Waals surface area contributed by atoms with E-state index in [1.165, 1.54) is 11.6 Å². The molecule has 0 aliphatic carbocycles. The maximum atomic E-state index is 13.5. The van der Waals surface area contributed by atoms with Gasteiger partial charge in [-0.2, -0.15) is 0 Å². The summed E-state index contributed by atoms with van der Waals surface area (Å²) in [6.07, 6.45) is 1.07. The summed E-state index contributed by atoms with van der Waals surface area (Å²) in [7, 11) is 0. The molecule has 0 saturated carbocycles. The van der Waals surface area contributed by atoms with Crippen LogP contribution in [0.25, 0.3) is 0 Å². The summed E-state index contributed by atoms with van der Waals surface area (Å²) in [4.78, 5) is 0. The predicted octanol–water partition coefficient (Wildman–Crippen LogP) is 5.21. The van der Waals surface area contributed by atoms with Gasteiger partial charge in [-0.3, -0.25) is 0 Å². The van der Waals surface area contributed by atoms with Gasteiger partial charge in [0.2, 0.25) is 0 Å². The van der Waals surface area contributed by atoms with Crippen LogP contribution in [-0.4, -0.2) is 0 Å². The highest BCUT2D eigenvalue weighted by Crippen LogP contribution is 2.29. The number of hydrogen-bond acceptors (Lipinski definition) is 1. The summed E-state index contributed by atoms with van der Waals surface area (Å²) in [6.45, 7) is 6.61. The molecular weight excluding hydrogens is 285 g/mol. The van der Waals surface area contributed by atoms with Crippen molar-refractivity contribution in [1.82, 2.24) is 0 Å². The first-order valence-corrected chi connectivity index (χ1v) is 7.54. The summed E-state index contributed by atoms with van der Waals surface area (Å²) in [5, 5.41) is 0.117. The summed E-state index contributed by atoms with van der Waals surface area (Å²) in [5.41, 5.74) is 9.33. The Kier molecular flexibility index (Phi) is 4.70. The van der Waals surface area contributed by atoms with Crippen LogP contribution in [0.4, 0.5) is 4.39 Å². The van der Waals surface area contributed by atoms with Crippen LogP contribution < -0.4 is 5.73 Å². The van der Waals surface area contributed by atoms with Crippen LogP contribution >= 0.6 is 11.6 Å². The molecule has 0 aromatic heterocycles. The van der Waals surface area contributed by atoms with E-state index in [1.807, 2.05) is 12.1 Å². The van der Waals surface area contributed by atoms with Gasteiger partial charge in [0.25, 0.3) is 0 Å². The SMILES string of the molecule is CCC(C)(C)c1ccc(C(N)c2ccc(Cl)c(F)c2)cc1. The minimum atomic E-state index is -0.437. The van der Waals surface area contributed by atoms with Crippen LogP contribution in [0.15, 0.2) is 42.5 Å². The molecule has 2 N–H and O–H groups in total. The molecule has 0 bridgehead atoms. The first-order valence-electron chi connectivity index (χ1n) is 7.16. The van der Waals surface area contributed by atoms with Crippen LogP contribution in [0.5, 0.6) is 0 Å². The van der Waals surface area contributed by atoms with Gasteiger partial charge >= 0.3 is 0 Å². The Morgan fingerprint density at radius 1 is 1.10 bits per heavy atom. The molecular formula is C18H21ClFN. The minimum Gasteiger partial charge on any atom is -0.320 e. The second kappa shape index (κ2) is 6.17. The van der Waals surface area contributed by atoms with Crippen molar-refractivity contribution in [2.45, 2.75) is 38.6 Å². The predicted molar refractivity (Wildman–Crippen MR) is 87.2 cm³/mol. The average Bonchev–Trinajstić information content (AvgIpc) is 2.49. The van der Waals surface area contributed by atoms with Crippen LogP contribution in [0, 0.1) is 5.82 Å². The lowest BCUT2D eigenvalue weighted by molar-refractivity contribution is 0.506. The molecule has 0 spiro atoms. The minimum absolute atomic E-state index is 0.117. The van der Waals surface area contributed by atoms with Crippen molar-refractivity contribution in [3.63, 3.8) is 0 Å². The Morgan fingerprint density at radius 3 is 2.19 bits per heavy atom. The fraction of sp³-hybridized carbons (Fsp3) is 0.333. The highest BCUT2D eigenvalue weighted by atomic mass is 35.5. The van der Waals surface area contributed by atoms with Crippen LogP contribution in [0.1, 0.15) is 49.9 Å². The van der Waals surface area contributed by atoms with Crippen molar-refractivity contribution >= 4 is 11.6 Å². The van der Waals surface area contributed by atoms with Crippen molar-refractivity contribution in [2.24, 2.45) is 5.73 Å². The van der Waals surface area contributed by atoms with Crippen molar-refractivity contribution < 1.29 is 4.39 Å².